The largest absolute Gasteiger partial charge is 0.277 e. The number of nitrogens with zero attached hydrogens (tertiary/aromatic N) is 2. The Morgan fingerprint density at radius 2 is 1.71 bits per heavy atom. The van der Waals surface area contributed by atoms with Crippen molar-refractivity contribution in [3.8, 4) is 0 Å². The maximum absolute atomic E-state index is 13.4. The number of carbonyl (C=O) groups excluding carboxylic acids is 2. The quantitative estimate of drug-likeness (QED) is 0.608. The maximum atomic E-state index is 13.4. The molecule has 1 aliphatic heterocycles. The fraction of sp³-hybridized carbons (Fsp3) is 0.300. The minimum atomic E-state index is -3.88. The average molecular weight is 465 g/mol. The Balaban J connectivity index is 2.06. The van der Waals surface area contributed by atoms with Gasteiger partial charge in [0.1, 0.15) is 0 Å². The summed E-state index contributed by atoms with van der Waals surface area (Å²) in [4.78, 5) is 25.4. The van der Waals surface area contributed by atoms with Gasteiger partial charge in [-0.2, -0.15) is 4.31 Å². The van der Waals surface area contributed by atoms with Crippen LogP contribution in [0.2, 0.25) is 0 Å². The van der Waals surface area contributed by atoms with Gasteiger partial charge in [-0.3, -0.25) is 14.5 Å². The Bertz CT molecular complexity index is 1050. The smallest absolute Gasteiger partial charge is 0.261 e. The summed E-state index contributed by atoms with van der Waals surface area (Å²) in [6.07, 6.45) is 0.638. The molecule has 3 rings (SSSR count). The summed E-state index contributed by atoms with van der Waals surface area (Å²) in [5.41, 5.74) is 1.21. The van der Waals surface area contributed by atoms with E-state index in [1.165, 1.54) is 29.6 Å². The van der Waals surface area contributed by atoms with Gasteiger partial charge in [0.15, 0.2) is 0 Å². The topological polar surface area (TPSA) is 74.8 Å². The second kappa shape index (κ2) is 7.77. The van der Waals surface area contributed by atoms with Crippen molar-refractivity contribution < 1.29 is 18.0 Å². The lowest BCUT2D eigenvalue weighted by Crippen LogP contribution is -2.34. The van der Waals surface area contributed by atoms with E-state index in [1.807, 2.05) is 38.1 Å². The second-order valence-electron chi connectivity index (χ2n) is 6.69. The van der Waals surface area contributed by atoms with Gasteiger partial charge in [0.2, 0.25) is 10.0 Å². The fourth-order valence-electron chi connectivity index (χ4n) is 3.35. The standard InChI is InChI=1S/C20H21BrN2O4S/c1-4-11-23(13(2)15-7-5-6-8-18(15)21)28(26,27)14-9-10-16-17(12-14)20(25)22(3)19(16)24/h5-10,12-13H,4,11H2,1-3H3. The molecule has 1 aliphatic rings. The number of hydrogen-bond acceptors (Lipinski definition) is 4. The first kappa shape index (κ1) is 20.7. The van der Waals surface area contributed by atoms with E-state index in [4.69, 9.17) is 0 Å². The van der Waals surface area contributed by atoms with Crippen LogP contribution in [-0.4, -0.2) is 43.0 Å². The zero-order valence-electron chi connectivity index (χ0n) is 15.8. The number of sulfonamides is 1. The summed E-state index contributed by atoms with van der Waals surface area (Å²) < 4.78 is 29.1. The molecule has 0 spiro atoms. The first-order valence-corrected chi connectivity index (χ1v) is 11.2. The Morgan fingerprint density at radius 3 is 2.36 bits per heavy atom. The highest BCUT2D eigenvalue weighted by Gasteiger charge is 2.36. The zero-order chi connectivity index (χ0) is 20.6. The summed E-state index contributed by atoms with van der Waals surface area (Å²) in [5, 5.41) is 0. The van der Waals surface area contributed by atoms with Crippen molar-refractivity contribution in [3.63, 3.8) is 0 Å². The van der Waals surface area contributed by atoms with Gasteiger partial charge in [-0.25, -0.2) is 8.42 Å². The van der Waals surface area contributed by atoms with E-state index in [9.17, 15) is 18.0 Å². The minimum absolute atomic E-state index is 0.00931. The van der Waals surface area contributed by atoms with Gasteiger partial charge in [0.25, 0.3) is 11.8 Å². The summed E-state index contributed by atoms with van der Waals surface area (Å²) in [5.74, 6) is -0.908. The van der Waals surface area contributed by atoms with Crippen LogP contribution in [0.25, 0.3) is 0 Å². The third kappa shape index (κ3) is 3.40. The van der Waals surface area contributed by atoms with E-state index >= 15 is 0 Å². The fourth-order valence-corrected chi connectivity index (χ4v) is 5.69. The van der Waals surface area contributed by atoms with Crippen molar-refractivity contribution in [2.75, 3.05) is 13.6 Å². The van der Waals surface area contributed by atoms with Crippen LogP contribution in [0.1, 0.15) is 52.6 Å². The van der Waals surface area contributed by atoms with Crippen LogP contribution < -0.4 is 0 Å². The van der Waals surface area contributed by atoms with E-state index < -0.39 is 27.9 Å². The van der Waals surface area contributed by atoms with Gasteiger partial charge in [0.05, 0.1) is 16.0 Å². The van der Waals surface area contributed by atoms with Crippen LogP contribution in [-0.2, 0) is 10.0 Å². The molecule has 1 unspecified atom stereocenters. The highest BCUT2D eigenvalue weighted by atomic mass is 79.9. The number of halogens is 1. The molecule has 0 saturated carbocycles. The first-order valence-electron chi connectivity index (χ1n) is 8.92. The van der Waals surface area contributed by atoms with Gasteiger partial charge in [-0.15, -0.1) is 0 Å². The summed E-state index contributed by atoms with van der Waals surface area (Å²) in [6, 6.07) is 11.2. The van der Waals surface area contributed by atoms with Crippen molar-refractivity contribution in [2.24, 2.45) is 0 Å². The number of hydrogen-bond donors (Lipinski definition) is 0. The molecular formula is C20H21BrN2O4S. The number of fused-ring (bicyclic) bond motifs is 1. The third-order valence-electron chi connectivity index (χ3n) is 4.90. The maximum Gasteiger partial charge on any atom is 0.261 e. The van der Waals surface area contributed by atoms with Crippen molar-refractivity contribution in [1.82, 2.24) is 9.21 Å². The number of amides is 2. The number of imide groups is 1. The molecule has 2 aromatic rings. The molecule has 0 radical (unpaired) electrons. The Kier molecular flexibility index (Phi) is 5.74. The molecule has 1 heterocycles. The molecule has 0 aliphatic carbocycles. The molecule has 28 heavy (non-hydrogen) atoms. The number of benzene rings is 2. The SMILES string of the molecule is CCCN(C(C)c1ccccc1Br)S(=O)(=O)c1ccc2c(c1)C(=O)N(C)C2=O. The van der Waals surface area contributed by atoms with Gasteiger partial charge in [-0.05, 0) is 43.2 Å². The molecule has 0 aromatic heterocycles. The molecule has 6 nitrogen and oxygen atoms in total. The Hall–Kier alpha value is -2.03. The van der Waals surface area contributed by atoms with Crippen molar-refractivity contribution in [2.45, 2.75) is 31.2 Å². The van der Waals surface area contributed by atoms with Gasteiger partial charge in [0, 0.05) is 24.1 Å². The minimum Gasteiger partial charge on any atom is -0.277 e. The number of carbonyl (C=O) groups is 2. The predicted octanol–water partition coefficient (Wildman–Crippen LogP) is 3.84. The van der Waals surface area contributed by atoms with Crippen LogP contribution >= 0.6 is 15.9 Å². The van der Waals surface area contributed by atoms with Crippen LogP contribution in [0.5, 0.6) is 0 Å². The molecule has 0 bridgehead atoms. The molecule has 0 N–H and O–H groups in total. The van der Waals surface area contributed by atoms with Crippen LogP contribution in [0.3, 0.4) is 0 Å². The lowest BCUT2D eigenvalue weighted by molar-refractivity contribution is 0.0693. The summed E-state index contributed by atoms with van der Waals surface area (Å²) >= 11 is 3.49. The Labute approximate surface area is 173 Å². The van der Waals surface area contributed by atoms with Crippen molar-refractivity contribution in [3.05, 3.63) is 63.6 Å². The lowest BCUT2D eigenvalue weighted by atomic mass is 10.1. The molecule has 1 atom stereocenters. The highest BCUT2D eigenvalue weighted by molar-refractivity contribution is 9.10. The van der Waals surface area contributed by atoms with Crippen molar-refractivity contribution in [1.29, 1.82) is 0 Å². The van der Waals surface area contributed by atoms with E-state index in [0.29, 0.717) is 13.0 Å². The molecule has 148 valence electrons. The first-order chi connectivity index (χ1) is 13.2. The second-order valence-corrected chi connectivity index (χ2v) is 9.43. The van der Waals surface area contributed by atoms with Crippen molar-refractivity contribution >= 4 is 37.8 Å². The Morgan fingerprint density at radius 1 is 1.07 bits per heavy atom. The lowest BCUT2D eigenvalue weighted by Gasteiger charge is -2.29. The van der Waals surface area contributed by atoms with E-state index in [-0.39, 0.29) is 16.0 Å². The molecular weight excluding hydrogens is 444 g/mol. The van der Waals surface area contributed by atoms with Crippen LogP contribution in [0.15, 0.2) is 51.8 Å². The predicted molar refractivity (Wildman–Crippen MR) is 110 cm³/mol. The van der Waals surface area contributed by atoms with Gasteiger partial charge in [-0.1, -0.05) is 41.1 Å². The molecule has 2 amide bonds. The molecule has 0 fully saturated rings. The van der Waals surface area contributed by atoms with E-state index in [0.717, 1.165) is 14.9 Å². The highest BCUT2D eigenvalue weighted by Crippen LogP contribution is 2.33. The summed E-state index contributed by atoms with van der Waals surface area (Å²) in [6.45, 7) is 4.08. The average Bonchev–Trinajstić information content (AvgIpc) is 2.89. The molecule has 8 heteroatoms. The molecule has 2 aromatic carbocycles. The zero-order valence-corrected chi connectivity index (χ0v) is 18.2. The monoisotopic (exact) mass is 464 g/mol. The normalized spacial score (nSPS) is 15.2. The number of rotatable bonds is 6. The van der Waals surface area contributed by atoms with E-state index in [1.54, 1.807) is 0 Å². The van der Waals surface area contributed by atoms with Gasteiger partial charge >= 0.3 is 0 Å². The van der Waals surface area contributed by atoms with Gasteiger partial charge < -0.3 is 0 Å². The molecule has 0 saturated heterocycles. The van der Waals surface area contributed by atoms with E-state index in [2.05, 4.69) is 15.9 Å². The van der Waals surface area contributed by atoms with Crippen LogP contribution in [0, 0.1) is 0 Å². The third-order valence-corrected chi connectivity index (χ3v) is 7.59. The summed E-state index contributed by atoms with van der Waals surface area (Å²) in [7, 11) is -2.49. The van der Waals surface area contributed by atoms with Crippen LogP contribution in [0.4, 0.5) is 0 Å².